The molecule has 3 N–H and O–H groups in total. The van der Waals surface area contributed by atoms with Gasteiger partial charge in [0, 0.05) is 6.04 Å². The highest BCUT2D eigenvalue weighted by Crippen LogP contribution is 2.35. The molecule has 0 spiro atoms. The van der Waals surface area contributed by atoms with Gasteiger partial charge < -0.3 is 5.73 Å². The van der Waals surface area contributed by atoms with E-state index in [-0.39, 0.29) is 23.2 Å². The van der Waals surface area contributed by atoms with Gasteiger partial charge in [0.1, 0.15) is 11.4 Å². The van der Waals surface area contributed by atoms with Crippen molar-refractivity contribution >= 4 is 23.4 Å². The minimum atomic E-state index is -0.775. The molecule has 0 aliphatic heterocycles. The van der Waals surface area contributed by atoms with Gasteiger partial charge in [-0.1, -0.05) is 30.0 Å². The fourth-order valence-electron chi connectivity index (χ4n) is 2.95. The topological polar surface area (TPSA) is 142 Å². The van der Waals surface area contributed by atoms with Crippen molar-refractivity contribution in [3.8, 4) is 5.69 Å². The zero-order chi connectivity index (χ0) is 19.8. The van der Waals surface area contributed by atoms with Crippen molar-refractivity contribution in [1.82, 2.24) is 29.8 Å². The number of nitrogens with zero attached hydrogens (tertiary/aromatic N) is 5. The van der Waals surface area contributed by atoms with Crippen molar-refractivity contribution in [1.29, 1.82) is 0 Å². The van der Waals surface area contributed by atoms with Gasteiger partial charge in [0.05, 0.1) is 11.4 Å². The number of rotatable bonds is 6. The maximum Gasteiger partial charge on any atom is 0.330 e. The molecule has 0 amide bonds. The second-order valence-corrected chi connectivity index (χ2v) is 7.43. The van der Waals surface area contributed by atoms with Crippen LogP contribution in [-0.4, -0.2) is 41.3 Å². The molecule has 0 unspecified atom stereocenters. The number of benzene rings is 1. The SMILES string of the molecule is Cc1ccccc1-n1nnnc1SCC(=O)c1c(N)n(C2CC2)c(=O)[nH]c1=O. The molecule has 2 heterocycles. The monoisotopic (exact) mass is 399 g/mol. The van der Waals surface area contributed by atoms with Gasteiger partial charge in [0.2, 0.25) is 5.16 Å². The zero-order valence-corrected chi connectivity index (χ0v) is 15.8. The lowest BCUT2D eigenvalue weighted by Crippen LogP contribution is -2.36. The highest BCUT2D eigenvalue weighted by molar-refractivity contribution is 7.99. The van der Waals surface area contributed by atoms with Crippen molar-refractivity contribution < 1.29 is 4.79 Å². The number of Topliss-reactive ketones (excluding diaryl/α,β-unsaturated/α-hetero) is 1. The van der Waals surface area contributed by atoms with Crippen molar-refractivity contribution in [2.24, 2.45) is 0 Å². The summed E-state index contributed by atoms with van der Waals surface area (Å²) in [5, 5.41) is 12.0. The van der Waals surface area contributed by atoms with Crippen molar-refractivity contribution in [3.05, 3.63) is 56.2 Å². The molecule has 0 bridgehead atoms. The maximum absolute atomic E-state index is 12.7. The molecule has 0 radical (unpaired) electrons. The van der Waals surface area contributed by atoms with E-state index in [0.29, 0.717) is 5.16 Å². The van der Waals surface area contributed by atoms with Crippen LogP contribution in [-0.2, 0) is 0 Å². The summed E-state index contributed by atoms with van der Waals surface area (Å²) in [6.45, 7) is 1.93. The molecule has 2 aromatic heterocycles. The first-order valence-electron chi connectivity index (χ1n) is 8.62. The fraction of sp³-hybridized carbons (Fsp3) is 0.294. The second kappa shape index (κ2) is 7.08. The quantitative estimate of drug-likeness (QED) is 0.456. The summed E-state index contributed by atoms with van der Waals surface area (Å²) in [6.07, 6.45) is 1.59. The third kappa shape index (κ3) is 3.24. The molecule has 144 valence electrons. The van der Waals surface area contributed by atoms with Crippen LogP contribution < -0.4 is 17.0 Å². The van der Waals surface area contributed by atoms with Crippen LogP contribution in [0.25, 0.3) is 5.69 Å². The lowest BCUT2D eigenvalue weighted by Gasteiger charge is -2.11. The standard InChI is InChI=1S/C17H17N7O3S/c1-9-4-2-3-5-11(9)24-17(20-21-22-24)28-8-12(25)13-14(18)23(10-6-7-10)16(27)19-15(13)26/h2-5,10H,6-8,18H2,1H3,(H,19,26,27). The van der Waals surface area contributed by atoms with E-state index in [0.717, 1.165) is 35.9 Å². The van der Waals surface area contributed by atoms with Crippen LogP contribution >= 0.6 is 11.8 Å². The number of H-pyrrole nitrogens is 1. The van der Waals surface area contributed by atoms with E-state index in [2.05, 4.69) is 20.5 Å². The van der Waals surface area contributed by atoms with Gasteiger partial charge in [-0.25, -0.2) is 4.79 Å². The largest absolute Gasteiger partial charge is 0.384 e. The summed E-state index contributed by atoms with van der Waals surface area (Å²) in [7, 11) is 0. The van der Waals surface area contributed by atoms with Gasteiger partial charge >= 0.3 is 5.69 Å². The molecular weight excluding hydrogens is 382 g/mol. The zero-order valence-electron chi connectivity index (χ0n) is 15.0. The second-order valence-electron chi connectivity index (χ2n) is 6.49. The highest BCUT2D eigenvalue weighted by atomic mass is 32.2. The predicted octanol–water partition coefficient (Wildman–Crippen LogP) is 0.713. The van der Waals surface area contributed by atoms with Crippen LogP contribution in [0.1, 0.15) is 34.8 Å². The van der Waals surface area contributed by atoms with Gasteiger partial charge in [-0.2, -0.15) is 4.68 Å². The van der Waals surface area contributed by atoms with Gasteiger partial charge in [0.25, 0.3) is 5.56 Å². The first kappa shape index (κ1) is 18.2. The van der Waals surface area contributed by atoms with Crippen LogP contribution in [0.15, 0.2) is 39.0 Å². The number of nitrogens with two attached hydrogens (primary N) is 1. The number of aryl methyl sites for hydroxylation is 1. The number of anilines is 1. The molecule has 3 aromatic rings. The number of nitrogen functional groups attached to an aromatic ring is 1. The van der Waals surface area contributed by atoms with Crippen LogP contribution in [0, 0.1) is 6.92 Å². The normalized spacial score (nSPS) is 13.6. The lowest BCUT2D eigenvalue weighted by atomic mass is 10.2. The summed E-state index contributed by atoms with van der Waals surface area (Å²) in [5.74, 6) is -0.666. The Labute approximate surface area is 162 Å². The number of hydrogen-bond acceptors (Lipinski definition) is 8. The number of aromatic amines is 1. The number of tetrazole rings is 1. The molecule has 1 fully saturated rings. The molecule has 0 atom stereocenters. The molecule has 1 aliphatic rings. The van der Waals surface area contributed by atoms with Gasteiger partial charge in [-0.05, 0) is 41.8 Å². The number of carbonyl (C=O) groups excluding carboxylic acids is 1. The Morgan fingerprint density at radius 1 is 1.32 bits per heavy atom. The molecule has 10 nitrogen and oxygen atoms in total. The Kier molecular flexibility index (Phi) is 4.59. The van der Waals surface area contributed by atoms with Gasteiger partial charge in [-0.15, -0.1) is 5.10 Å². The molecule has 4 rings (SSSR count). The molecule has 0 saturated heterocycles. The average molecular weight is 399 g/mol. The average Bonchev–Trinajstić information content (AvgIpc) is 3.37. The number of hydrogen-bond donors (Lipinski definition) is 2. The van der Waals surface area contributed by atoms with E-state index >= 15 is 0 Å². The molecule has 1 aromatic carbocycles. The predicted molar refractivity (Wildman–Crippen MR) is 103 cm³/mol. The molecule has 1 aliphatic carbocycles. The van der Waals surface area contributed by atoms with E-state index in [1.165, 1.54) is 9.25 Å². The van der Waals surface area contributed by atoms with Crippen LogP contribution in [0.3, 0.4) is 0 Å². The molecule has 11 heteroatoms. The summed E-state index contributed by atoms with van der Waals surface area (Å²) < 4.78 is 2.82. The molecule has 28 heavy (non-hydrogen) atoms. The van der Waals surface area contributed by atoms with Crippen LogP contribution in [0.4, 0.5) is 5.82 Å². The Balaban J connectivity index is 1.60. The lowest BCUT2D eigenvalue weighted by molar-refractivity contribution is 0.102. The van der Waals surface area contributed by atoms with E-state index in [9.17, 15) is 14.4 Å². The fourth-order valence-corrected chi connectivity index (χ4v) is 3.71. The van der Waals surface area contributed by atoms with E-state index in [4.69, 9.17) is 5.73 Å². The number of para-hydroxylation sites is 1. The third-order valence-corrected chi connectivity index (χ3v) is 5.41. The Hall–Kier alpha value is -3.21. The minimum Gasteiger partial charge on any atom is -0.384 e. The minimum absolute atomic E-state index is 0.0584. The van der Waals surface area contributed by atoms with Gasteiger partial charge in [-0.3, -0.25) is 19.1 Å². The van der Waals surface area contributed by atoms with E-state index < -0.39 is 17.0 Å². The third-order valence-electron chi connectivity index (χ3n) is 4.49. The van der Waals surface area contributed by atoms with Crippen LogP contribution in [0.5, 0.6) is 0 Å². The van der Waals surface area contributed by atoms with Crippen LogP contribution in [0.2, 0.25) is 0 Å². The Morgan fingerprint density at radius 2 is 2.07 bits per heavy atom. The number of aromatic nitrogens is 6. The van der Waals surface area contributed by atoms with Crippen molar-refractivity contribution in [2.45, 2.75) is 31.0 Å². The van der Waals surface area contributed by atoms with Crippen molar-refractivity contribution in [3.63, 3.8) is 0 Å². The van der Waals surface area contributed by atoms with Gasteiger partial charge in [0.15, 0.2) is 5.78 Å². The number of ketones is 1. The maximum atomic E-state index is 12.7. The summed E-state index contributed by atoms with van der Waals surface area (Å²) >= 11 is 1.09. The molecular formula is C17H17N7O3S. The van der Waals surface area contributed by atoms with E-state index in [1.54, 1.807) is 0 Å². The van der Waals surface area contributed by atoms with Crippen molar-refractivity contribution in [2.75, 3.05) is 11.5 Å². The summed E-state index contributed by atoms with van der Waals surface area (Å²) in [5.41, 5.74) is 6.19. The first-order chi connectivity index (χ1) is 13.5. The number of thioether (sulfide) groups is 1. The number of carbonyl (C=O) groups is 1. The highest BCUT2D eigenvalue weighted by Gasteiger charge is 2.30. The Morgan fingerprint density at radius 3 is 2.79 bits per heavy atom. The molecule has 1 saturated carbocycles. The number of nitrogens with one attached hydrogen (secondary N) is 1. The summed E-state index contributed by atoms with van der Waals surface area (Å²) in [4.78, 5) is 39.0. The Bertz CT molecular complexity index is 1180. The smallest absolute Gasteiger partial charge is 0.330 e. The summed E-state index contributed by atoms with van der Waals surface area (Å²) in [6, 6.07) is 7.51. The van der Waals surface area contributed by atoms with E-state index in [1.807, 2.05) is 31.2 Å². The first-order valence-corrected chi connectivity index (χ1v) is 9.60.